The Morgan fingerprint density at radius 2 is 1.80 bits per heavy atom. The summed E-state index contributed by atoms with van der Waals surface area (Å²) in [5.74, 6) is -0.495. The molecule has 1 aromatic heterocycles. The minimum atomic E-state index is -0.525. The second-order valence-corrected chi connectivity index (χ2v) is 7.78. The minimum absolute atomic E-state index is 0.00153. The van der Waals surface area contributed by atoms with E-state index in [9.17, 15) is 14.0 Å². The van der Waals surface area contributed by atoms with Gasteiger partial charge in [0, 0.05) is 36.3 Å². The van der Waals surface area contributed by atoms with Crippen LogP contribution in [-0.2, 0) is 16.6 Å². The van der Waals surface area contributed by atoms with Gasteiger partial charge in [-0.3, -0.25) is 9.59 Å². The fourth-order valence-electron chi connectivity index (χ4n) is 2.74. The van der Waals surface area contributed by atoms with Crippen molar-refractivity contribution in [1.82, 2.24) is 14.8 Å². The number of nitrogens with two attached hydrogens (primary N) is 1. The van der Waals surface area contributed by atoms with E-state index < -0.39 is 11.7 Å². The maximum Gasteiger partial charge on any atom is 0.237 e. The highest BCUT2D eigenvalue weighted by Crippen LogP contribution is 2.25. The van der Waals surface area contributed by atoms with Gasteiger partial charge in [-0.1, -0.05) is 23.4 Å². The summed E-state index contributed by atoms with van der Waals surface area (Å²) >= 11 is 7.14. The summed E-state index contributed by atoms with van der Waals surface area (Å²) in [6, 6.07) is 12.7. The summed E-state index contributed by atoms with van der Waals surface area (Å²) < 4.78 is 15.0. The fraction of sp³-hybridized carbons (Fsp3) is 0.200. The molecular weight excluding hydrogens is 429 g/mol. The predicted molar refractivity (Wildman–Crippen MR) is 115 cm³/mol. The monoisotopic (exact) mass is 447 g/mol. The average molecular weight is 448 g/mol. The highest BCUT2D eigenvalue weighted by molar-refractivity contribution is 7.99. The van der Waals surface area contributed by atoms with Crippen LogP contribution < -0.4 is 10.6 Å². The third-order valence-electron chi connectivity index (χ3n) is 4.28. The van der Waals surface area contributed by atoms with Gasteiger partial charge in [0.15, 0.2) is 11.0 Å². The van der Waals surface area contributed by atoms with E-state index >= 15 is 0 Å². The smallest absolute Gasteiger partial charge is 0.237 e. The summed E-state index contributed by atoms with van der Waals surface area (Å²) in [6.07, 6.45) is -0.00153. The van der Waals surface area contributed by atoms with E-state index in [1.54, 1.807) is 16.7 Å². The first-order valence-corrected chi connectivity index (χ1v) is 10.3. The van der Waals surface area contributed by atoms with Gasteiger partial charge < -0.3 is 15.2 Å². The van der Waals surface area contributed by atoms with Crippen LogP contribution in [0.3, 0.4) is 0 Å². The highest BCUT2D eigenvalue weighted by Gasteiger charge is 2.19. The molecule has 3 rings (SSSR count). The van der Waals surface area contributed by atoms with Gasteiger partial charge in [0.25, 0.3) is 0 Å². The van der Waals surface area contributed by atoms with Crippen LogP contribution in [0.5, 0.6) is 0 Å². The summed E-state index contributed by atoms with van der Waals surface area (Å²) in [7, 11) is 1.81. The van der Waals surface area contributed by atoms with E-state index in [1.165, 1.54) is 40.9 Å². The molecule has 156 valence electrons. The number of amides is 2. The SMILES string of the molecule is Cn1c(SCC(=O)N(CCC(N)=O)c2ccc(F)cc2)nnc1-c1ccc(Cl)cc1. The number of hydrogen-bond donors (Lipinski definition) is 1. The molecule has 30 heavy (non-hydrogen) atoms. The van der Waals surface area contributed by atoms with Gasteiger partial charge in [0.05, 0.1) is 5.75 Å². The zero-order chi connectivity index (χ0) is 21.7. The second kappa shape index (κ2) is 9.73. The van der Waals surface area contributed by atoms with Crippen LogP contribution >= 0.6 is 23.4 Å². The summed E-state index contributed by atoms with van der Waals surface area (Å²) in [5, 5.41) is 9.52. The lowest BCUT2D eigenvalue weighted by Gasteiger charge is -2.22. The van der Waals surface area contributed by atoms with E-state index in [1.807, 2.05) is 19.2 Å². The number of anilines is 1. The summed E-state index contributed by atoms with van der Waals surface area (Å²) in [6.45, 7) is 0.106. The Kier molecular flexibility index (Phi) is 7.07. The lowest BCUT2D eigenvalue weighted by atomic mass is 10.2. The maximum absolute atomic E-state index is 13.2. The van der Waals surface area contributed by atoms with E-state index in [4.69, 9.17) is 17.3 Å². The molecule has 3 aromatic rings. The van der Waals surface area contributed by atoms with Crippen LogP contribution in [0.2, 0.25) is 5.02 Å². The normalized spacial score (nSPS) is 10.8. The largest absolute Gasteiger partial charge is 0.370 e. The maximum atomic E-state index is 13.2. The molecule has 0 aliphatic rings. The molecule has 2 amide bonds. The first-order valence-electron chi connectivity index (χ1n) is 8.97. The van der Waals surface area contributed by atoms with Gasteiger partial charge in [-0.2, -0.15) is 0 Å². The number of nitrogens with zero attached hydrogens (tertiary/aromatic N) is 4. The van der Waals surface area contributed by atoms with Crippen molar-refractivity contribution in [3.63, 3.8) is 0 Å². The molecule has 0 unspecified atom stereocenters. The van der Waals surface area contributed by atoms with Gasteiger partial charge in [-0.05, 0) is 48.5 Å². The Balaban J connectivity index is 1.72. The molecule has 0 saturated heterocycles. The molecule has 1 heterocycles. The van der Waals surface area contributed by atoms with E-state index in [0.717, 1.165) is 5.56 Å². The standard InChI is InChI=1S/C20H19ClFN5O2S/c1-26-19(13-2-4-14(21)5-3-13)24-25-20(26)30-12-18(29)27(11-10-17(23)28)16-8-6-15(22)7-9-16/h2-9H,10-12H2,1H3,(H2,23,28). The Morgan fingerprint density at radius 3 is 2.43 bits per heavy atom. The second-order valence-electron chi connectivity index (χ2n) is 6.40. The number of aromatic nitrogens is 3. The lowest BCUT2D eigenvalue weighted by molar-refractivity contribution is -0.118. The van der Waals surface area contributed by atoms with Crippen LogP contribution in [0, 0.1) is 5.82 Å². The van der Waals surface area contributed by atoms with Gasteiger partial charge in [-0.15, -0.1) is 10.2 Å². The number of primary amides is 1. The Morgan fingerprint density at radius 1 is 1.13 bits per heavy atom. The minimum Gasteiger partial charge on any atom is -0.370 e. The molecule has 2 N–H and O–H groups in total. The third kappa shape index (κ3) is 5.37. The van der Waals surface area contributed by atoms with Crippen molar-refractivity contribution in [2.24, 2.45) is 12.8 Å². The molecule has 0 aliphatic carbocycles. The summed E-state index contributed by atoms with van der Waals surface area (Å²) in [4.78, 5) is 25.4. The van der Waals surface area contributed by atoms with Gasteiger partial charge >= 0.3 is 0 Å². The highest BCUT2D eigenvalue weighted by atomic mass is 35.5. The van der Waals surface area contributed by atoms with E-state index in [2.05, 4.69) is 10.2 Å². The zero-order valence-corrected chi connectivity index (χ0v) is 17.7. The number of benzene rings is 2. The van der Waals surface area contributed by atoms with Crippen molar-refractivity contribution in [3.8, 4) is 11.4 Å². The Labute approximate surface area is 182 Å². The molecule has 7 nitrogen and oxygen atoms in total. The summed E-state index contributed by atoms with van der Waals surface area (Å²) in [5.41, 5.74) is 6.56. The Hall–Kier alpha value is -2.91. The van der Waals surface area contributed by atoms with Gasteiger partial charge in [-0.25, -0.2) is 4.39 Å². The van der Waals surface area contributed by atoms with Gasteiger partial charge in [0.1, 0.15) is 5.82 Å². The van der Waals surface area contributed by atoms with Crippen molar-refractivity contribution in [3.05, 3.63) is 59.4 Å². The quantitative estimate of drug-likeness (QED) is 0.535. The molecule has 0 radical (unpaired) electrons. The number of hydrogen-bond acceptors (Lipinski definition) is 5. The molecule has 0 spiro atoms. The molecule has 0 aliphatic heterocycles. The third-order valence-corrected chi connectivity index (χ3v) is 5.54. The fourth-order valence-corrected chi connectivity index (χ4v) is 3.65. The lowest BCUT2D eigenvalue weighted by Crippen LogP contribution is -2.35. The average Bonchev–Trinajstić information content (AvgIpc) is 3.08. The van der Waals surface area contributed by atoms with E-state index in [0.29, 0.717) is 21.7 Å². The molecule has 10 heteroatoms. The molecule has 0 fully saturated rings. The first kappa shape index (κ1) is 21.8. The number of carbonyl (C=O) groups is 2. The number of carbonyl (C=O) groups excluding carboxylic acids is 2. The number of rotatable bonds is 8. The molecule has 0 bridgehead atoms. The number of halogens is 2. The van der Waals surface area contributed by atoms with Crippen molar-refractivity contribution in [1.29, 1.82) is 0 Å². The van der Waals surface area contributed by atoms with Crippen molar-refractivity contribution < 1.29 is 14.0 Å². The van der Waals surface area contributed by atoms with Crippen molar-refractivity contribution >= 4 is 40.9 Å². The Bertz CT molecular complexity index is 1040. The van der Waals surface area contributed by atoms with Crippen LogP contribution in [0.25, 0.3) is 11.4 Å². The molecule has 2 aromatic carbocycles. The molecular formula is C20H19ClFN5O2S. The zero-order valence-electron chi connectivity index (χ0n) is 16.1. The first-order chi connectivity index (χ1) is 14.3. The number of thioether (sulfide) groups is 1. The topological polar surface area (TPSA) is 94.1 Å². The van der Waals surface area contributed by atoms with Crippen LogP contribution in [0.1, 0.15) is 6.42 Å². The van der Waals surface area contributed by atoms with Gasteiger partial charge in [0.2, 0.25) is 11.8 Å². The van der Waals surface area contributed by atoms with Crippen molar-refractivity contribution in [2.45, 2.75) is 11.6 Å². The van der Waals surface area contributed by atoms with Crippen molar-refractivity contribution in [2.75, 3.05) is 17.2 Å². The molecule has 0 atom stereocenters. The van der Waals surface area contributed by atoms with E-state index in [-0.39, 0.29) is 24.6 Å². The van der Waals surface area contributed by atoms with Crippen LogP contribution in [0.4, 0.5) is 10.1 Å². The van der Waals surface area contributed by atoms with Crippen LogP contribution in [-0.4, -0.2) is 38.9 Å². The van der Waals surface area contributed by atoms with Crippen LogP contribution in [0.15, 0.2) is 53.7 Å². The predicted octanol–water partition coefficient (Wildman–Crippen LogP) is 3.28. The molecule has 0 saturated carbocycles.